The van der Waals surface area contributed by atoms with Gasteiger partial charge in [-0.25, -0.2) is 13.2 Å². The van der Waals surface area contributed by atoms with Crippen LogP contribution in [0.1, 0.15) is 12.5 Å². The van der Waals surface area contributed by atoms with Crippen LogP contribution in [0.4, 0.5) is 24.5 Å². The Morgan fingerprint density at radius 3 is 2.35 bits per heavy atom. The maximum absolute atomic E-state index is 13.8. The Morgan fingerprint density at radius 1 is 1.00 bits per heavy atom. The van der Waals surface area contributed by atoms with Crippen LogP contribution >= 0.6 is 0 Å². The summed E-state index contributed by atoms with van der Waals surface area (Å²) in [6.45, 7) is 1.66. The van der Waals surface area contributed by atoms with Gasteiger partial charge in [0.25, 0.3) is 0 Å². The standard InChI is InChI=1S/C23H22F3N3O2/c1-14(28)23(13-30-22-9-4-17(25)11-20(22)26)31-19-7-8-21(15(10-19)12-27)29-18-5-2-16(24)3-6-18/h2-12,14,23,27,29H,13,28H2,1H3/t14?,23-/m1/s1. The van der Waals surface area contributed by atoms with Crippen molar-refractivity contribution in [3.05, 3.63) is 83.7 Å². The Balaban J connectivity index is 1.71. The first kappa shape index (κ1) is 22.2. The molecule has 0 aliphatic carbocycles. The molecule has 31 heavy (non-hydrogen) atoms. The lowest BCUT2D eigenvalue weighted by molar-refractivity contribution is 0.109. The van der Waals surface area contributed by atoms with Crippen molar-refractivity contribution in [2.24, 2.45) is 5.73 Å². The van der Waals surface area contributed by atoms with E-state index in [9.17, 15) is 13.2 Å². The second-order valence-electron chi connectivity index (χ2n) is 6.93. The number of ether oxygens (including phenoxy) is 2. The summed E-state index contributed by atoms with van der Waals surface area (Å²) in [6.07, 6.45) is 0.531. The van der Waals surface area contributed by atoms with Gasteiger partial charge in [-0.1, -0.05) is 0 Å². The molecule has 0 amide bonds. The van der Waals surface area contributed by atoms with Gasteiger partial charge in [0.05, 0.1) is 0 Å². The van der Waals surface area contributed by atoms with E-state index >= 15 is 0 Å². The van der Waals surface area contributed by atoms with Crippen LogP contribution in [-0.2, 0) is 0 Å². The van der Waals surface area contributed by atoms with Crippen molar-refractivity contribution < 1.29 is 22.6 Å². The Kier molecular flexibility index (Phi) is 7.15. The predicted octanol–water partition coefficient (Wildman–Crippen LogP) is 5.02. The van der Waals surface area contributed by atoms with Gasteiger partial charge < -0.3 is 25.9 Å². The Morgan fingerprint density at radius 2 is 1.71 bits per heavy atom. The highest BCUT2D eigenvalue weighted by Crippen LogP contribution is 2.26. The largest absolute Gasteiger partial charge is 0.487 e. The smallest absolute Gasteiger partial charge is 0.167 e. The van der Waals surface area contributed by atoms with E-state index in [0.29, 0.717) is 22.7 Å². The third-order valence-electron chi connectivity index (χ3n) is 4.47. The normalized spacial score (nSPS) is 12.7. The number of benzene rings is 3. The van der Waals surface area contributed by atoms with Gasteiger partial charge in [-0.05, 0) is 61.5 Å². The number of hydrogen-bond donors (Lipinski definition) is 3. The fraction of sp³-hybridized carbons (Fsp3) is 0.174. The molecule has 0 aromatic heterocycles. The van der Waals surface area contributed by atoms with Crippen LogP contribution in [0.2, 0.25) is 0 Å². The molecule has 3 aromatic carbocycles. The number of nitrogens with one attached hydrogen (secondary N) is 2. The van der Waals surface area contributed by atoms with Crippen molar-refractivity contribution in [3.63, 3.8) is 0 Å². The summed E-state index contributed by atoms with van der Waals surface area (Å²) in [5, 5.41) is 10.8. The first-order valence-corrected chi connectivity index (χ1v) is 9.53. The molecule has 0 fully saturated rings. The van der Waals surface area contributed by atoms with Crippen molar-refractivity contribution >= 4 is 17.6 Å². The average molecular weight is 429 g/mol. The molecule has 3 aromatic rings. The van der Waals surface area contributed by atoms with Crippen molar-refractivity contribution in [1.82, 2.24) is 0 Å². The van der Waals surface area contributed by atoms with Gasteiger partial charge in [-0.2, -0.15) is 0 Å². The van der Waals surface area contributed by atoms with Gasteiger partial charge in [0.15, 0.2) is 11.6 Å². The Labute approximate surface area is 178 Å². The number of halogens is 3. The molecule has 0 saturated carbocycles. The lowest BCUT2D eigenvalue weighted by Gasteiger charge is -2.23. The summed E-state index contributed by atoms with van der Waals surface area (Å²) in [7, 11) is 0. The van der Waals surface area contributed by atoms with Gasteiger partial charge >= 0.3 is 0 Å². The SMILES string of the molecule is CC(N)[C@@H](COc1ccc(F)cc1F)Oc1ccc(Nc2ccc(F)cc2)c(C=N)c1. The lowest BCUT2D eigenvalue weighted by atomic mass is 10.1. The van der Waals surface area contributed by atoms with E-state index in [-0.39, 0.29) is 18.2 Å². The number of rotatable bonds is 9. The van der Waals surface area contributed by atoms with Crippen LogP contribution in [0.3, 0.4) is 0 Å². The molecule has 3 rings (SSSR count). The fourth-order valence-electron chi connectivity index (χ4n) is 2.77. The quantitative estimate of drug-likeness (QED) is 0.417. The summed E-state index contributed by atoms with van der Waals surface area (Å²) < 4.78 is 51.2. The molecule has 1 unspecified atom stereocenters. The highest BCUT2D eigenvalue weighted by molar-refractivity contribution is 5.88. The molecular weight excluding hydrogens is 407 g/mol. The zero-order valence-corrected chi connectivity index (χ0v) is 16.7. The third kappa shape index (κ3) is 5.99. The average Bonchev–Trinajstić information content (AvgIpc) is 2.74. The number of hydrogen-bond acceptors (Lipinski definition) is 5. The molecule has 0 aliphatic heterocycles. The maximum Gasteiger partial charge on any atom is 0.167 e. The van der Waals surface area contributed by atoms with E-state index in [2.05, 4.69) is 5.32 Å². The van der Waals surface area contributed by atoms with E-state index in [1.54, 1.807) is 37.3 Å². The van der Waals surface area contributed by atoms with Crippen LogP contribution in [0.5, 0.6) is 11.5 Å². The first-order valence-electron chi connectivity index (χ1n) is 9.53. The maximum atomic E-state index is 13.8. The highest BCUT2D eigenvalue weighted by Gasteiger charge is 2.19. The number of nitrogens with two attached hydrogens (primary N) is 1. The molecule has 162 valence electrons. The first-order chi connectivity index (χ1) is 14.9. The Hall–Kier alpha value is -3.52. The summed E-state index contributed by atoms with van der Waals surface area (Å²) in [4.78, 5) is 0. The fourth-order valence-corrected chi connectivity index (χ4v) is 2.77. The van der Waals surface area contributed by atoms with E-state index in [4.69, 9.17) is 20.6 Å². The van der Waals surface area contributed by atoms with E-state index in [1.165, 1.54) is 18.2 Å². The highest BCUT2D eigenvalue weighted by atomic mass is 19.1. The van der Waals surface area contributed by atoms with Gasteiger partial charge in [-0.15, -0.1) is 0 Å². The lowest BCUT2D eigenvalue weighted by Crippen LogP contribution is -2.41. The summed E-state index contributed by atoms with van der Waals surface area (Å²) >= 11 is 0. The molecule has 5 nitrogen and oxygen atoms in total. The summed E-state index contributed by atoms with van der Waals surface area (Å²) in [5.74, 6) is -1.52. The van der Waals surface area contributed by atoms with Gasteiger partial charge in [0.1, 0.15) is 30.1 Å². The van der Waals surface area contributed by atoms with E-state index < -0.39 is 23.8 Å². The molecule has 0 saturated heterocycles. The van der Waals surface area contributed by atoms with Crippen LogP contribution < -0.4 is 20.5 Å². The van der Waals surface area contributed by atoms with Crippen molar-refractivity contribution in [1.29, 1.82) is 5.41 Å². The van der Waals surface area contributed by atoms with Crippen molar-refractivity contribution in [2.75, 3.05) is 11.9 Å². The third-order valence-corrected chi connectivity index (χ3v) is 4.47. The molecule has 2 atom stereocenters. The second-order valence-corrected chi connectivity index (χ2v) is 6.93. The van der Waals surface area contributed by atoms with Crippen LogP contribution in [0.15, 0.2) is 60.7 Å². The monoisotopic (exact) mass is 429 g/mol. The molecule has 0 bridgehead atoms. The molecule has 0 spiro atoms. The molecule has 8 heteroatoms. The zero-order chi connectivity index (χ0) is 22.4. The minimum Gasteiger partial charge on any atom is -0.487 e. The van der Waals surface area contributed by atoms with Gasteiger partial charge in [-0.3, -0.25) is 0 Å². The van der Waals surface area contributed by atoms with Crippen molar-refractivity contribution in [2.45, 2.75) is 19.1 Å². The minimum absolute atomic E-state index is 0.0598. The second kappa shape index (κ2) is 9.99. The number of anilines is 2. The van der Waals surface area contributed by atoms with Crippen LogP contribution in [0.25, 0.3) is 0 Å². The topological polar surface area (TPSA) is 80.4 Å². The molecule has 0 heterocycles. The molecule has 4 N–H and O–H groups in total. The molecular formula is C23H22F3N3O2. The van der Waals surface area contributed by atoms with E-state index in [1.807, 2.05) is 0 Å². The van der Waals surface area contributed by atoms with Crippen molar-refractivity contribution in [3.8, 4) is 11.5 Å². The van der Waals surface area contributed by atoms with Gasteiger partial charge in [0, 0.05) is 35.3 Å². The summed E-state index contributed by atoms with van der Waals surface area (Å²) in [6, 6.07) is 13.5. The van der Waals surface area contributed by atoms with E-state index in [0.717, 1.165) is 18.3 Å². The van der Waals surface area contributed by atoms with Gasteiger partial charge in [0.2, 0.25) is 0 Å². The molecule has 0 radical (unpaired) electrons. The summed E-state index contributed by atoms with van der Waals surface area (Å²) in [5.41, 5.74) is 7.82. The van der Waals surface area contributed by atoms with Crippen LogP contribution in [0, 0.1) is 22.9 Å². The van der Waals surface area contributed by atoms with Crippen LogP contribution in [-0.4, -0.2) is 25.0 Å². The predicted molar refractivity (Wildman–Crippen MR) is 114 cm³/mol. The Bertz CT molecular complexity index is 1040. The minimum atomic E-state index is -0.814. The molecule has 0 aliphatic rings. The zero-order valence-electron chi connectivity index (χ0n) is 16.7.